The summed E-state index contributed by atoms with van der Waals surface area (Å²) in [5.74, 6) is -0.623. The quantitative estimate of drug-likeness (QED) is 0.291. The SMILES string of the molecule is O=C(Nc1c(Cl)cncc1Cl)c1cccc2c1c1ccccc1n2OCCc1ccc(F)cc1. The number of anilines is 1. The minimum atomic E-state index is -0.352. The van der Waals surface area contributed by atoms with E-state index in [2.05, 4.69) is 10.3 Å². The molecular weight excluding hydrogens is 476 g/mol. The highest BCUT2D eigenvalue weighted by atomic mass is 35.5. The summed E-state index contributed by atoms with van der Waals surface area (Å²) in [5.41, 5.74) is 3.31. The average molecular weight is 494 g/mol. The molecule has 0 saturated carbocycles. The number of nitrogens with zero attached hydrogens (tertiary/aromatic N) is 2. The van der Waals surface area contributed by atoms with E-state index in [0.717, 1.165) is 27.4 Å². The van der Waals surface area contributed by atoms with E-state index in [0.29, 0.717) is 24.3 Å². The van der Waals surface area contributed by atoms with Crippen molar-refractivity contribution in [2.24, 2.45) is 0 Å². The average Bonchev–Trinajstić information content (AvgIpc) is 3.16. The van der Waals surface area contributed by atoms with E-state index in [1.807, 2.05) is 30.3 Å². The first-order valence-electron chi connectivity index (χ1n) is 10.5. The van der Waals surface area contributed by atoms with Crippen LogP contribution in [0.25, 0.3) is 21.8 Å². The second-order valence-corrected chi connectivity index (χ2v) is 8.47. The van der Waals surface area contributed by atoms with Crippen LogP contribution in [0.5, 0.6) is 0 Å². The number of nitrogens with one attached hydrogen (secondary N) is 1. The van der Waals surface area contributed by atoms with Gasteiger partial charge in [0.2, 0.25) is 0 Å². The van der Waals surface area contributed by atoms with Crippen molar-refractivity contribution >= 4 is 56.6 Å². The Morgan fingerprint density at radius 2 is 1.65 bits per heavy atom. The molecule has 1 N–H and O–H groups in total. The van der Waals surface area contributed by atoms with Gasteiger partial charge in [0.1, 0.15) is 12.4 Å². The minimum Gasteiger partial charge on any atom is -0.413 e. The number of carbonyl (C=O) groups is 1. The van der Waals surface area contributed by atoms with Crippen LogP contribution < -0.4 is 10.2 Å². The van der Waals surface area contributed by atoms with Crippen molar-refractivity contribution in [1.29, 1.82) is 0 Å². The summed E-state index contributed by atoms with van der Waals surface area (Å²) in [5, 5.41) is 4.93. The van der Waals surface area contributed by atoms with Crippen LogP contribution in [-0.4, -0.2) is 22.2 Å². The van der Waals surface area contributed by atoms with Crippen molar-refractivity contribution in [1.82, 2.24) is 9.71 Å². The second kappa shape index (κ2) is 9.33. The summed E-state index contributed by atoms with van der Waals surface area (Å²) in [6.45, 7) is 0.373. The Balaban J connectivity index is 1.51. The van der Waals surface area contributed by atoms with Crippen LogP contribution in [0.4, 0.5) is 10.1 Å². The van der Waals surface area contributed by atoms with Crippen LogP contribution in [0.2, 0.25) is 10.0 Å². The lowest BCUT2D eigenvalue weighted by Gasteiger charge is -2.11. The van der Waals surface area contributed by atoms with Gasteiger partial charge >= 0.3 is 0 Å². The fourth-order valence-electron chi connectivity index (χ4n) is 3.93. The fraction of sp³-hybridized carbons (Fsp3) is 0.0769. The largest absolute Gasteiger partial charge is 0.413 e. The molecule has 0 fully saturated rings. The zero-order chi connectivity index (χ0) is 23.7. The number of amides is 1. The topological polar surface area (TPSA) is 56.2 Å². The number of rotatable bonds is 6. The Morgan fingerprint density at radius 3 is 2.41 bits per heavy atom. The van der Waals surface area contributed by atoms with Gasteiger partial charge in [-0.15, -0.1) is 0 Å². The second-order valence-electron chi connectivity index (χ2n) is 7.65. The number of hydrogen-bond acceptors (Lipinski definition) is 3. The highest BCUT2D eigenvalue weighted by Crippen LogP contribution is 2.33. The molecule has 0 radical (unpaired) electrons. The van der Waals surface area contributed by atoms with Gasteiger partial charge in [0.05, 0.1) is 26.8 Å². The maximum Gasteiger partial charge on any atom is 0.256 e. The molecule has 0 unspecified atom stereocenters. The summed E-state index contributed by atoms with van der Waals surface area (Å²) in [4.78, 5) is 23.3. The first-order chi connectivity index (χ1) is 16.5. The molecule has 170 valence electrons. The van der Waals surface area contributed by atoms with Gasteiger partial charge in [-0.3, -0.25) is 9.78 Å². The number of hydrogen-bond donors (Lipinski definition) is 1. The molecule has 5 rings (SSSR count). The van der Waals surface area contributed by atoms with Gasteiger partial charge < -0.3 is 10.2 Å². The monoisotopic (exact) mass is 493 g/mol. The third kappa shape index (κ3) is 4.18. The third-order valence-electron chi connectivity index (χ3n) is 5.51. The van der Waals surface area contributed by atoms with Crippen LogP contribution in [0, 0.1) is 5.82 Å². The Hall–Kier alpha value is -3.61. The van der Waals surface area contributed by atoms with Gasteiger partial charge in [0, 0.05) is 35.2 Å². The molecule has 2 heterocycles. The molecule has 0 aliphatic heterocycles. The molecule has 0 atom stereocenters. The van der Waals surface area contributed by atoms with Gasteiger partial charge in [0.15, 0.2) is 0 Å². The fourth-order valence-corrected chi connectivity index (χ4v) is 4.39. The molecular formula is C26H18Cl2FN3O2. The molecule has 34 heavy (non-hydrogen) atoms. The number of halogens is 3. The van der Waals surface area contributed by atoms with Crippen LogP contribution in [0.3, 0.4) is 0 Å². The van der Waals surface area contributed by atoms with Gasteiger partial charge in [-0.2, -0.15) is 4.73 Å². The molecule has 2 aromatic heterocycles. The van der Waals surface area contributed by atoms with E-state index in [9.17, 15) is 9.18 Å². The molecule has 3 aromatic carbocycles. The summed E-state index contributed by atoms with van der Waals surface area (Å²) in [7, 11) is 0. The standard InChI is InChI=1S/C26H18Cl2FN3O2/c27-20-14-30-15-21(28)25(20)31-26(33)19-5-3-7-23-24(19)18-4-1-2-6-22(18)32(23)34-13-12-16-8-10-17(29)11-9-16/h1-11,14-15H,12-13H2,(H,30,31,33). The number of benzene rings is 3. The Kier molecular flexibility index (Phi) is 6.09. The summed E-state index contributed by atoms with van der Waals surface area (Å²) < 4.78 is 14.9. The number of carbonyl (C=O) groups excluding carboxylic acids is 1. The lowest BCUT2D eigenvalue weighted by Crippen LogP contribution is -2.15. The minimum absolute atomic E-state index is 0.250. The first kappa shape index (κ1) is 22.2. The maximum absolute atomic E-state index is 13.3. The number of aromatic nitrogens is 2. The van der Waals surface area contributed by atoms with E-state index >= 15 is 0 Å². The van der Waals surface area contributed by atoms with Crippen molar-refractivity contribution in [3.8, 4) is 0 Å². The van der Waals surface area contributed by atoms with E-state index in [-0.39, 0.29) is 21.8 Å². The lowest BCUT2D eigenvalue weighted by molar-refractivity contribution is 0.102. The Bertz CT molecular complexity index is 1500. The van der Waals surface area contributed by atoms with Gasteiger partial charge in [-0.1, -0.05) is 59.6 Å². The smallest absolute Gasteiger partial charge is 0.256 e. The molecule has 0 aliphatic carbocycles. The van der Waals surface area contributed by atoms with Gasteiger partial charge in [-0.25, -0.2) is 4.39 Å². The summed E-state index contributed by atoms with van der Waals surface area (Å²) in [6.07, 6.45) is 3.45. The van der Waals surface area contributed by atoms with Gasteiger partial charge in [-0.05, 0) is 35.9 Å². The molecule has 0 spiro atoms. The Morgan fingerprint density at radius 1 is 0.941 bits per heavy atom. The molecule has 1 amide bonds. The third-order valence-corrected chi connectivity index (χ3v) is 6.09. The lowest BCUT2D eigenvalue weighted by atomic mass is 10.1. The number of pyridine rings is 1. The van der Waals surface area contributed by atoms with E-state index < -0.39 is 0 Å². The van der Waals surface area contributed by atoms with Crippen LogP contribution in [-0.2, 0) is 6.42 Å². The zero-order valence-corrected chi connectivity index (χ0v) is 19.3. The van der Waals surface area contributed by atoms with Gasteiger partial charge in [0.25, 0.3) is 5.91 Å². The van der Waals surface area contributed by atoms with E-state index in [4.69, 9.17) is 28.0 Å². The predicted octanol–water partition coefficient (Wildman–Crippen LogP) is 6.56. The van der Waals surface area contributed by atoms with Crippen LogP contribution >= 0.6 is 23.2 Å². The van der Waals surface area contributed by atoms with Crippen molar-refractivity contribution in [2.75, 3.05) is 11.9 Å². The normalized spacial score (nSPS) is 11.1. The predicted molar refractivity (Wildman–Crippen MR) is 133 cm³/mol. The first-order valence-corrected chi connectivity index (χ1v) is 11.3. The van der Waals surface area contributed by atoms with Crippen molar-refractivity contribution in [3.05, 3.63) is 106 Å². The van der Waals surface area contributed by atoms with Crippen LogP contribution in [0.15, 0.2) is 79.1 Å². The van der Waals surface area contributed by atoms with Crippen molar-refractivity contribution < 1.29 is 14.0 Å². The van der Waals surface area contributed by atoms with Crippen molar-refractivity contribution in [2.45, 2.75) is 6.42 Å². The zero-order valence-electron chi connectivity index (χ0n) is 17.8. The molecule has 5 aromatic rings. The molecule has 0 bridgehead atoms. The molecule has 8 heteroatoms. The van der Waals surface area contributed by atoms with Crippen molar-refractivity contribution in [3.63, 3.8) is 0 Å². The molecule has 5 nitrogen and oxygen atoms in total. The molecule has 0 aliphatic rings. The van der Waals surface area contributed by atoms with E-state index in [1.165, 1.54) is 24.5 Å². The summed E-state index contributed by atoms with van der Waals surface area (Å²) in [6, 6.07) is 19.5. The number of fused-ring (bicyclic) bond motifs is 3. The maximum atomic E-state index is 13.3. The Labute approximate surface area is 204 Å². The number of para-hydroxylation sites is 1. The highest BCUT2D eigenvalue weighted by Gasteiger charge is 2.20. The summed E-state index contributed by atoms with van der Waals surface area (Å²) >= 11 is 12.4. The van der Waals surface area contributed by atoms with Crippen LogP contribution in [0.1, 0.15) is 15.9 Å². The molecule has 0 saturated heterocycles. The van der Waals surface area contributed by atoms with E-state index in [1.54, 1.807) is 29.0 Å². The highest BCUT2D eigenvalue weighted by molar-refractivity contribution is 6.40.